The van der Waals surface area contributed by atoms with Gasteiger partial charge in [0.2, 0.25) is 17.7 Å². The van der Waals surface area contributed by atoms with Crippen molar-refractivity contribution in [3.05, 3.63) is 36.4 Å². The zero-order valence-electron chi connectivity index (χ0n) is 19.6. The van der Waals surface area contributed by atoms with Gasteiger partial charge in [-0.2, -0.15) is 0 Å². The number of aromatic amines is 2. The Balaban J connectivity index is 2.14. The van der Waals surface area contributed by atoms with E-state index in [0.717, 1.165) is 0 Å². The number of nitrogens with two attached hydrogens (primary N) is 2. The van der Waals surface area contributed by atoms with Crippen LogP contribution in [0.5, 0.6) is 0 Å². The van der Waals surface area contributed by atoms with Crippen molar-refractivity contribution in [3.63, 3.8) is 0 Å². The summed E-state index contributed by atoms with van der Waals surface area (Å²) in [5.41, 5.74) is 12.7. The number of unbranched alkanes of at least 4 members (excludes halogenated alkanes) is 1. The highest BCUT2D eigenvalue weighted by Crippen LogP contribution is 2.06. The summed E-state index contributed by atoms with van der Waals surface area (Å²) in [6.07, 6.45) is 7.28. The van der Waals surface area contributed by atoms with Gasteiger partial charge in [-0.05, 0) is 25.8 Å². The van der Waals surface area contributed by atoms with E-state index in [-0.39, 0.29) is 19.3 Å². The Morgan fingerprint density at radius 2 is 1.42 bits per heavy atom. The molecule has 0 fully saturated rings. The lowest BCUT2D eigenvalue weighted by molar-refractivity contribution is -0.143. The van der Waals surface area contributed by atoms with Crippen LogP contribution in [0.4, 0.5) is 0 Å². The zero-order chi connectivity index (χ0) is 26.5. The number of amides is 3. The number of carbonyl (C=O) groups is 4. The van der Waals surface area contributed by atoms with E-state index < -0.39 is 54.5 Å². The second-order valence-electron chi connectivity index (χ2n) is 8.16. The quantitative estimate of drug-likeness (QED) is 0.103. The minimum Gasteiger partial charge on any atom is -0.480 e. The summed E-state index contributed by atoms with van der Waals surface area (Å²) in [4.78, 5) is 63.3. The molecular weight excluding hydrogens is 474 g/mol. The Morgan fingerprint density at radius 1 is 0.861 bits per heavy atom. The highest BCUT2D eigenvalue weighted by Gasteiger charge is 2.30. The normalized spacial score (nSPS) is 14.3. The first-order valence-corrected chi connectivity index (χ1v) is 11.4. The van der Waals surface area contributed by atoms with Crippen molar-refractivity contribution in [2.24, 2.45) is 11.5 Å². The first kappa shape index (κ1) is 28.4. The number of nitrogens with one attached hydrogen (secondary N) is 5. The van der Waals surface area contributed by atoms with Crippen LogP contribution < -0.4 is 27.4 Å². The standard InChI is InChI=1S/C21H33N9O6/c22-4-2-1-3-15(19(33)30-17(9-31)21(35)36)28-20(34)16(6-13-8-25-11-27-13)29-18(32)14(23)5-12-7-24-10-26-12/h7-8,10-11,14-17,31H,1-6,9,22-23H2,(H,24,26)(H,25,27)(H,28,34)(H,29,32)(H,30,33)(H,35,36). The fraction of sp³-hybridized carbons (Fsp3) is 0.524. The minimum atomic E-state index is -1.53. The van der Waals surface area contributed by atoms with E-state index in [0.29, 0.717) is 30.8 Å². The molecule has 3 amide bonds. The average Bonchev–Trinajstić information content (AvgIpc) is 3.55. The van der Waals surface area contributed by atoms with Crippen LogP contribution in [0.2, 0.25) is 0 Å². The van der Waals surface area contributed by atoms with Gasteiger partial charge in [0.25, 0.3) is 0 Å². The number of H-pyrrole nitrogens is 2. The molecule has 4 unspecified atom stereocenters. The monoisotopic (exact) mass is 507 g/mol. The van der Waals surface area contributed by atoms with Crippen LogP contribution in [0.3, 0.4) is 0 Å². The third-order valence-corrected chi connectivity index (χ3v) is 5.32. The summed E-state index contributed by atoms with van der Waals surface area (Å²) in [5, 5.41) is 25.7. The number of imidazole rings is 2. The van der Waals surface area contributed by atoms with Gasteiger partial charge in [-0.1, -0.05) is 0 Å². The number of carboxylic acid groups (broad SMARTS) is 1. The Kier molecular flexibility index (Phi) is 11.5. The van der Waals surface area contributed by atoms with Crippen LogP contribution in [0.25, 0.3) is 0 Å². The summed E-state index contributed by atoms with van der Waals surface area (Å²) < 4.78 is 0. The number of rotatable bonds is 16. The van der Waals surface area contributed by atoms with Crippen LogP contribution in [0.15, 0.2) is 25.0 Å². The molecule has 0 radical (unpaired) electrons. The van der Waals surface area contributed by atoms with E-state index >= 15 is 0 Å². The third-order valence-electron chi connectivity index (χ3n) is 5.32. The fourth-order valence-electron chi connectivity index (χ4n) is 3.32. The highest BCUT2D eigenvalue weighted by atomic mass is 16.4. The van der Waals surface area contributed by atoms with Gasteiger partial charge in [0, 0.05) is 36.6 Å². The van der Waals surface area contributed by atoms with Gasteiger partial charge in [-0.3, -0.25) is 14.4 Å². The van der Waals surface area contributed by atoms with E-state index in [1.165, 1.54) is 25.0 Å². The van der Waals surface area contributed by atoms with Gasteiger partial charge in [0.15, 0.2) is 0 Å². The Hall–Kier alpha value is -3.82. The van der Waals surface area contributed by atoms with Gasteiger partial charge in [0.1, 0.15) is 18.1 Å². The molecule has 198 valence electrons. The predicted molar refractivity (Wildman–Crippen MR) is 126 cm³/mol. The van der Waals surface area contributed by atoms with E-state index in [1.54, 1.807) is 0 Å². The lowest BCUT2D eigenvalue weighted by Gasteiger charge is -2.25. The molecule has 2 aromatic heterocycles. The summed E-state index contributed by atoms with van der Waals surface area (Å²) in [6.45, 7) is -0.458. The largest absolute Gasteiger partial charge is 0.480 e. The molecule has 15 heteroatoms. The molecule has 0 aliphatic carbocycles. The van der Waals surface area contributed by atoms with Gasteiger partial charge in [0.05, 0.1) is 25.3 Å². The number of hydrogen-bond donors (Lipinski definition) is 9. The molecule has 0 saturated heterocycles. The van der Waals surface area contributed by atoms with Gasteiger partial charge < -0.3 is 47.6 Å². The maximum absolute atomic E-state index is 13.2. The third kappa shape index (κ3) is 9.09. The Bertz CT molecular complexity index is 967. The van der Waals surface area contributed by atoms with Gasteiger partial charge in [-0.25, -0.2) is 14.8 Å². The summed E-state index contributed by atoms with van der Waals surface area (Å²) >= 11 is 0. The number of aliphatic hydroxyl groups excluding tert-OH is 1. The Labute approximate surface area is 206 Å². The highest BCUT2D eigenvalue weighted by molar-refractivity contribution is 5.94. The van der Waals surface area contributed by atoms with E-state index in [9.17, 15) is 24.3 Å². The molecule has 0 aromatic carbocycles. The molecule has 0 aliphatic rings. The molecule has 0 spiro atoms. The number of aliphatic hydroxyl groups is 1. The summed E-state index contributed by atoms with van der Waals surface area (Å²) in [6, 6.07) is -4.76. The number of carbonyl (C=O) groups excluding carboxylic acids is 3. The van der Waals surface area contributed by atoms with Crippen LogP contribution in [-0.4, -0.2) is 91.2 Å². The van der Waals surface area contributed by atoms with E-state index in [4.69, 9.17) is 16.6 Å². The number of aromatic nitrogens is 4. The number of nitrogens with zero attached hydrogens (tertiary/aromatic N) is 2. The molecule has 11 N–H and O–H groups in total. The average molecular weight is 508 g/mol. The molecule has 4 atom stereocenters. The topological polar surface area (TPSA) is 254 Å². The van der Waals surface area contributed by atoms with Crippen molar-refractivity contribution < 1.29 is 29.4 Å². The van der Waals surface area contributed by atoms with Crippen molar-refractivity contribution in [2.45, 2.75) is 56.3 Å². The van der Waals surface area contributed by atoms with E-state index in [1.807, 2.05) is 0 Å². The van der Waals surface area contributed by atoms with Gasteiger partial charge in [-0.15, -0.1) is 0 Å². The lowest BCUT2D eigenvalue weighted by atomic mass is 10.1. The second kappa shape index (κ2) is 14.6. The smallest absolute Gasteiger partial charge is 0.328 e. The van der Waals surface area contributed by atoms with Crippen LogP contribution >= 0.6 is 0 Å². The van der Waals surface area contributed by atoms with Crippen molar-refractivity contribution in [2.75, 3.05) is 13.2 Å². The zero-order valence-corrected chi connectivity index (χ0v) is 19.6. The molecule has 0 saturated carbocycles. The molecule has 2 rings (SSSR count). The van der Waals surface area contributed by atoms with Crippen molar-refractivity contribution in [1.29, 1.82) is 0 Å². The molecule has 15 nitrogen and oxygen atoms in total. The van der Waals surface area contributed by atoms with Gasteiger partial charge >= 0.3 is 5.97 Å². The number of hydrogen-bond acceptors (Lipinski definition) is 9. The van der Waals surface area contributed by atoms with Crippen molar-refractivity contribution >= 4 is 23.7 Å². The molecule has 2 aromatic rings. The maximum atomic E-state index is 13.2. The summed E-state index contributed by atoms with van der Waals surface area (Å²) in [5.74, 6) is -3.49. The first-order valence-electron chi connectivity index (χ1n) is 11.4. The number of aliphatic carboxylic acids is 1. The number of carboxylic acids is 1. The SMILES string of the molecule is NCCCCC(NC(=O)C(Cc1cnc[nH]1)NC(=O)C(N)Cc1cnc[nH]1)C(=O)NC(CO)C(=O)O. The van der Waals surface area contributed by atoms with Crippen LogP contribution in [-0.2, 0) is 32.0 Å². The van der Waals surface area contributed by atoms with E-state index in [2.05, 4.69) is 35.9 Å². The summed E-state index contributed by atoms with van der Waals surface area (Å²) in [7, 11) is 0. The molecule has 36 heavy (non-hydrogen) atoms. The molecular formula is C21H33N9O6. The first-order chi connectivity index (χ1) is 17.2. The molecule has 0 aliphatic heterocycles. The van der Waals surface area contributed by atoms with Crippen molar-refractivity contribution in [3.8, 4) is 0 Å². The molecule has 2 heterocycles. The van der Waals surface area contributed by atoms with Crippen molar-refractivity contribution in [1.82, 2.24) is 35.9 Å². The fourth-order valence-corrected chi connectivity index (χ4v) is 3.32. The predicted octanol–water partition coefficient (Wildman–Crippen LogP) is -3.09. The van der Waals surface area contributed by atoms with Crippen LogP contribution in [0.1, 0.15) is 30.7 Å². The Morgan fingerprint density at radius 3 is 1.94 bits per heavy atom. The maximum Gasteiger partial charge on any atom is 0.328 e. The second-order valence-corrected chi connectivity index (χ2v) is 8.16. The minimum absolute atomic E-state index is 0.0277. The van der Waals surface area contributed by atoms with Crippen LogP contribution in [0, 0.1) is 0 Å². The molecule has 0 bridgehead atoms. The lowest BCUT2D eigenvalue weighted by Crippen LogP contribution is -2.58.